The Bertz CT molecular complexity index is 720. The van der Waals surface area contributed by atoms with Gasteiger partial charge in [-0.05, 0) is 43.4 Å². The quantitative estimate of drug-likeness (QED) is 0.898. The number of allylic oxidation sites excluding steroid dienone is 2. The van der Waals surface area contributed by atoms with Gasteiger partial charge >= 0.3 is 0 Å². The summed E-state index contributed by atoms with van der Waals surface area (Å²) in [6, 6.07) is 0. The van der Waals surface area contributed by atoms with Crippen LogP contribution in [-0.2, 0) is 7.05 Å². The predicted octanol–water partition coefficient (Wildman–Crippen LogP) is 3.39. The number of halogens is 2. The van der Waals surface area contributed by atoms with Crippen molar-refractivity contribution in [2.75, 3.05) is 0 Å². The van der Waals surface area contributed by atoms with Crippen molar-refractivity contribution in [1.82, 2.24) is 15.1 Å². The van der Waals surface area contributed by atoms with E-state index >= 15 is 0 Å². The van der Waals surface area contributed by atoms with Gasteiger partial charge in [0.2, 0.25) is 0 Å². The van der Waals surface area contributed by atoms with E-state index in [1.807, 2.05) is 24.3 Å². The van der Waals surface area contributed by atoms with Crippen molar-refractivity contribution in [3.05, 3.63) is 41.8 Å². The standard InChI is InChI=1S/C18H21F2N3O/c1-23-10-13(15(22-23)16(19)20)17(24)21-18(7-3-2-4-8-18)14-9-12(14)11-5-6-11/h2-4,7,10-12,14,16H,5-6,8-9H2,1H3,(H,21,24)/t12?,14-,18-/m1/s1. The molecule has 0 spiro atoms. The van der Waals surface area contributed by atoms with Crippen LogP contribution in [0.3, 0.4) is 0 Å². The van der Waals surface area contributed by atoms with Crippen LogP contribution in [0.2, 0.25) is 0 Å². The summed E-state index contributed by atoms with van der Waals surface area (Å²) < 4.78 is 27.6. The van der Waals surface area contributed by atoms with Gasteiger partial charge in [-0.2, -0.15) is 5.10 Å². The largest absolute Gasteiger partial charge is 0.342 e. The molecule has 1 aromatic rings. The van der Waals surface area contributed by atoms with Gasteiger partial charge in [0.05, 0.1) is 11.1 Å². The van der Waals surface area contributed by atoms with Gasteiger partial charge in [-0.1, -0.05) is 24.3 Å². The molecule has 0 bridgehead atoms. The second-order valence-electron chi connectivity index (χ2n) is 7.23. The second kappa shape index (κ2) is 5.53. The first-order chi connectivity index (χ1) is 11.5. The lowest BCUT2D eigenvalue weighted by Crippen LogP contribution is -2.49. The van der Waals surface area contributed by atoms with Crippen LogP contribution in [0.1, 0.15) is 48.2 Å². The maximum atomic E-state index is 13.1. The number of rotatable bonds is 5. The van der Waals surface area contributed by atoms with E-state index in [0.717, 1.165) is 12.3 Å². The molecule has 6 heteroatoms. The van der Waals surface area contributed by atoms with Gasteiger partial charge in [-0.15, -0.1) is 0 Å². The number of aromatic nitrogens is 2. The normalized spacial score (nSPS) is 31.5. The smallest absolute Gasteiger partial charge is 0.282 e. The average molecular weight is 333 g/mol. The highest BCUT2D eigenvalue weighted by molar-refractivity contribution is 5.96. The summed E-state index contributed by atoms with van der Waals surface area (Å²) in [5.74, 6) is 1.39. The fourth-order valence-corrected chi connectivity index (χ4v) is 4.07. The van der Waals surface area contributed by atoms with E-state index in [4.69, 9.17) is 0 Å². The zero-order valence-corrected chi connectivity index (χ0v) is 13.6. The van der Waals surface area contributed by atoms with Crippen LogP contribution in [0, 0.1) is 17.8 Å². The van der Waals surface area contributed by atoms with Crippen LogP contribution >= 0.6 is 0 Å². The lowest BCUT2D eigenvalue weighted by Gasteiger charge is -2.33. The summed E-state index contributed by atoms with van der Waals surface area (Å²) in [7, 11) is 1.55. The molecule has 0 radical (unpaired) electrons. The molecular weight excluding hydrogens is 312 g/mol. The van der Waals surface area contributed by atoms with Crippen molar-refractivity contribution in [1.29, 1.82) is 0 Å². The molecule has 3 aliphatic carbocycles. The number of hydrogen-bond donors (Lipinski definition) is 1. The van der Waals surface area contributed by atoms with E-state index in [2.05, 4.69) is 10.4 Å². The predicted molar refractivity (Wildman–Crippen MR) is 85.6 cm³/mol. The average Bonchev–Trinajstić information content (AvgIpc) is 3.43. The third-order valence-corrected chi connectivity index (χ3v) is 5.48. The third-order valence-electron chi connectivity index (χ3n) is 5.48. The van der Waals surface area contributed by atoms with Crippen LogP contribution in [0.4, 0.5) is 8.78 Å². The number of nitrogens with zero attached hydrogens (tertiary/aromatic N) is 2. The Labute approximate surface area is 139 Å². The molecule has 1 N–H and O–H groups in total. The molecule has 1 unspecified atom stereocenters. The summed E-state index contributed by atoms with van der Waals surface area (Å²) in [6.07, 6.45) is 11.0. The number of carbonyl (C=O) groups excluding carboxylic acids is 1. The van der Waals surface area contributed by atoms with E-state index in [1.54, 1.807) is 7.05 Å². The van der Waals surface area contributed by atoms with E-state index in [9.17, 15) is 13.6 Å². The fourth-order valence-electron chi connectivity index (χ4n) is 4.07. The number of carbonyl (C=O) groups is 1. The highest BCUT2D eigenvalue weighted by Crippen LogP contribution is 2.59. The Morgan fingerprint density at radius 1 is 1.42 bits per heavy atom. The molecular formula is C18H21F2N3O. The number of nitrogens with one attached hydrogen (secondary N) is 1. The zero-order valence-electron chi connectivity index (χ0n) is 13.6. The summed E-state index contributed by atoms with van der Waals surface area (Å²) in [5, 5.41) is 6.80. The first kappa shape index (κ1) is 15.5. The Morgan fingerprint density at radius 2 is 2.21 bits per heavy atom. The summed E-state index contributed by atoms with van der Waals surface area (Å²) in [6.45, 7) is 0. The number of aryl methyl sites for hydroxylation is 1. The zero-order chi connectivity index (χ0) is 16.9. The van der Waals surface area contributed by atoms with Crippen LogP contribution in [0.5, 0.6) is 0 Å². The van der Waals surface area contributed by atoms with Crippen LogP contribution in [-0.4, -0.2) is 21.2 Å². The molecule has 4 nitrogen and oxygen atoms in total. The third kappa shape index (κ3) is 2.68. The van der Waals surface area contributed by atoms with Crippen LogP contribution in [0.15, 0.2) is 30.5 Å². The highest BCUT2D eigenvalue weighted by atomic mass is 19.3. The van der Waals surface area contributed by atoms with Gasteiger partial charge in [0.25, 0.3) is 12.3 Å². The summed E-state index contributed by atoms with van der Waals surface area (Å²) in [5.41, 5.74) is -0.928. The van der Waals surface area contributed by atoms with Crippen molar-refractivity contribution in [3.8, 4) is 0 Å². The van der Waals surface area contributed by atoms with E-state index in [0.29, 0.717) is 18.3 Å². The minimum absolute atomic E-state index is 0.0292. The monoisotopic (exact) mass is 333 g/mol. The molecule has 0 saturated heterocycles. The van der Waals surface area contributed by atoms with Gasteiger partial charge < -0.3 is 5.32 Å². The van der Waals surface area contributed by atoms with Crippen molar-refractivity contribution >= 4 is 5.91 Å². The van der Waals surface area contributed by atoms with Crippen molar-refractivity contribution in [2.45, 2.75) is 37.6 Å². The first-order valence-corrected chi connectivity index (χ1v) is 8.49. The number of alkyl halides is 2. The molecule has 1 amide bonds. The number of amides is 1. The molecule has 0 aliphatic heterocycles. The minimum Gasteiger partial charge on any atom is -0.342 e. The van der Waals surface area contributed by atoms with Crippen molar-refractivity contribution < 1.29 is 13.6 Å². The van der Waals surface area contributed by atoms with Crippen LogP contribution in [0.25, 0.3) is 0 Å². The molecule has 1 aromatic heterocycles. The Kier molecular flexibility index (Phi) is 3.58. The molecule has 0 aromatic carbocycles. The Balaban J connectivity index is 1.58. The van der Waals surface area contributed by atoms with E-state index < -0.39 is 23.6 Å². The minimum atomic E-state index is -2.76. The number of hydrogen-bond acceptors (Lipinski definition) is 2. The van der Waals surface area contributed by atoms with Crippen molar-refractivity contribution in [2.24, 2.45) is 24.8 Å². The molecule has 1 heterocycles. The molecule has 4 rings (SSSR count). The van der Waals surface area contributed by atoms with Gasteiger partial charge in [-0.25, -0.2) is 8.78 Å². The molecule has 3 atom stereocenters. The maximum Gasteiger partial charge on any atom is 0.282 e. The van der Waals surface area contributed by atoms with Crippen molar-refractivity contribution in [3.63, 3.8) is 0 Å². The Morgan fingerprint density at radius 3 is 2.83 bits per heavy atom. The maximum absolute atomic E-state index is 13.1. The van der Waals surface area contributed by atoms with Crippen LogP contribution < -0.4 is 5.32 Å². The SMILES string of the molecule is Cn1cc(C(=O)N[C@]2([C@@H]3CC3C3CC3)C=CC=CC2)c(C(F)F)n1. The lowest BCUT2D eigenvalue weighted by atomic mass is 9.84. The van der Waals surface area contributed by atoms with E-state index in [-0.39, 0.29) is 5.56 Å². The van der Waals surface area contributed by atoms with Gasteiger partial charge in [-0.3, -0.25) is 9.48 Å². The van der Waals surface area contributed by atoms with Gasteiger partial charge in [0.1, 0.15) is 5.69 Å². The second-order valence-corrected chi connectivity index (χ2v) is 7.23. The molecule has 2 fully saturated rings. The lowest BCUT2D eigenvalue weighted by molar-refractivity contribution is 0.0891. The van der Waals surface area contributed by atoms with E-state index in [1.165, 1.54) is 23.7 Å². The first-order valence-electron chi connectivity index (χ1n) is 8.49. The summed E-state index contributed by atoms with van der Waals surface area (Å²) >= 11 is 0. The highest BCUT2D eigenvalue weighted by Gasteiger charge is 2.56. The molecule has 128 valence electrons. The topological polar surface area (TPSA) is 46.9 Å². The molecule has 24 heavy (non-hydrogen) atoms. The summed E-state index contributed by atoms with van der Waals surface area (Å²) in [4.78, 5) is 12.7. The van der Waals surface area contributed by atoms with Gasteiger partial charge in [0, 0.05) is 13.2 Å². The molecule has 3 aliphatic rings. The fraction of sp³-hybridized carbons (Fsp3) is 0.556. The van der Waals surface area contributed by atoms with Gasteiger partial charge in [0.15, 0.2) is 0 Å². The molecule has 2 saturated carbocycles. The Hall–Kier alpha value is -1.98.